The summed E-state index contributed by atoms with van der Waals surface area (Å²) in [6, 6.07) is 14.7. The Kier molecular flexibility index (Phi) is 4.72. The van der Waals surface area contributed by atoms with Gasteiger partial charge in [0.1, 0.15) is 0 Å². The third-order valence-electron chi connectivity index (χ3n) is 2.91. The number of carbonyl (C=O) groups excluding carboxylic acids is 2. The minimum Gasteiger partial charge on any atom is -0.459 e. The zero-order valence-electron chi connectivity index (χ0n) is 12.0. The van der Waals surface area contributed by atoms with Crippen LogP contribution in [-0.4, -0.2) is 18.5 Å². The summed E-state index contributed by atoms with van der Waals surface area (Å²) in [5.74, 6) is -0.318. The molecule has 2 rings (SSSR count). The Balaban J connectivity index is 2.14. The van der Waals surface area contributed by atoms with Crippen LogP contribution in [0.3, 0.4) is 0 Å². The van der Waals surface area contributed by atoms with Crippen LogP contribution in [0.1, 0.15) is 24.2 Å². The highest BCUT2D eigenvalue weighted by Gasteiger charge is 2.09. The molecule has 0 aromatic heterocycles. The summed E-state index contributed by atoms with van der Waals surface area (Å²) >= 11 is 0. The van der Waals surface area contributed by atoms with Crippen molar-refractivity contribution in [3.63, 3.8) is 0 Å². The number of anilines is 1. The highest BCUT2D eigenvalue weighted by atomic mass is 16.5. The predicted octanol–water partition coefficient (Wildman–Crippen LogP) is 3.49. The van der Waals surface area contributed by atoms with Gasteiger partial charge in [0.25, 0.3) is 0 Å². The van der Waals surface area contributed by atoms with Gasteiger partial charge in [-0.05, 0) is 49.2 Å². The van der Waals surface area contributed by atoms with Crippen molar-refractivity contribution in [1.29, 1.82) is 0 Å². The maximum Gasteiger partial charge on any atom is 0.338 e. The first kappa shape index (κ1) is 14.8. The summed E-state index contributed by atoms with van der Waals surface area (Å²) in [5, 5.41) is 2.59. The van der Waals surface area contributed by atoms with Crippen LogP contribution in [-0.2, 0) is 9.53 Å². The van der Waals surface area contributed by atoms with E-state index in [1.54, 1.807) is 12.1 Å². The minimum atomic E-state index is -0.318. The van der Waals surface area contributed by atoms with Gasteiger partial charge in [-0.1, -0.05) is 24.3 Å². The standard InChI is InChI=1S/C17H17NO3/c1-12(2)21-17(20)15-5-3-13(4-6-15)14-7-9-16(10-8-14)18-11-19/h3-12H,1-2H3,(H,18,19). The van der Waals surface area contributed by atoms with Crippen molar-refractivity contribution in [3.05, 3.63) is 54.1 Å². The van der Waals surface area contributed by atoms with Crippen LogP contribution in [0.25, 0.3) is 11.1 Å². The van der Waals surface area contributed by atoms with E-state index in [-0.39, 0.29) is 12.1 Å². The SMILES string of the molecule is CC(C)OC(=O)c1ccc(-c2ccc(NC=O)cc2)cc1. The van der Waals surface area contributed by atoms with Crippen LogP contribution < -0.4 is 5.32 Å². The molecule has 4 nitrogen and oxygen atoms in total. The molecule has 0 aliphatic heterocycles. The van der Waals surface area contributed by atoms with Crippen LogP contribution in [0.5, 0.6) is 0 Å². The van der Waals surface area contributed by atoms with Gasteiger partial charge in [0.05, 0.1) is 11.7 Å². The lowest BCUT2D eigenvalue weighted by molar-refractivity contribution is -0.105. The summed E-state index contributed by atoms with van der Waals surface area (Å²) in [5.41, 5.74) is 3.28. The smallest absolute Gasteiger partial charge is 0.338 e. The predicted molar refractivity (Wildman–Crippen MR) is 82.1 cm³/mol. The summed E-state index contributed by atoms with van der Waals surface area (Å²) in [6.07, 6.45) is 0.513. The van der Waals surface area contributed by atoms with Gasteiger partial charge in [-0.2, -0.15) is 0 Å². The molecule has 1 N–H and O–H groups in total. The highest BCUT2D eigenvalue weighted by molar-refractivity contribution is 5.90. The van der Waals surface area contributed by atoms with Crippen molar-refractivity contribution in [2.75, 3.05) is 5.32 Å². The molecule has 21 heavy (non-hydrogen) atoms. The minimum absolute atomic E-state index is 0.130. The average Bonchev–Trinajstić information content (AvgIpc) is 2.48. The maximum absolute atomic E-state index is 11.8. The van der Waals surface area contributed by atoms with Crippen molar-refractivity contribution in [1.82, 2.24) is 0 Å². The topological polar surface area (TPSA) is 55.4 Å². The number of esters is 1. The molecule has 0 atom stereocenters. The Morgan fingerprint density at radius 2 is 1.52 bits per heavy atom. The molecule has 0 saturated carbocycles. The van der Waals surface area contributed by atoms with E-state index in [4.69, 9.17) is 4.74 Å². The zero-order valence-corrected chi connectivity index (χ0v) is 12.0. The van der Waals surface area contributed by atoms with Gasteiger partial charge in [0.2, 0.25) is 6.41 Å². The fourth-order valence-corrected chi connectivity index (χ4v) is 1.91. The summed E-state index contributed by atoms with van der Waals surface area (Å²) in [6.45, 7) is 3.64. The molecule has 0 aliphatic rings. The number of amides is 1. The first-order chi connectivity index (χ1) is 10.1. The summed E-state index contributed by atoms with van der Waals surface area (Å²) in [7, 11) is 0. The van der Waals surface area contributed by atoms with Crippen molar-refractivity contribution in [3.8, 4) is 11.1 Å². The third-order valence-corrected chi connectivity index (χ3v) is 2.91. The number of carbonyl (C=O) groups is 2. The van der Waals surface area contributed by atoms with E-state index in [0.717, 1.165) is 16.8 Å². The maximum atomic E-state index is 11.8. The highest BCUT2D eigenvalue weighted by Crippen LogP contribution is 2.22. The zero-order chi connectivity index (χ0) is 15.2. The van der Waals surface area contributed by atoms with E-state index in [9.17, 15) is 9.59 Å². The summed E-state index contributed by atoms with van der Waals surface area (Å²) in [4.78, 5) is 22.1. The molecule has 0 heterocycles. The number of hydrogen-bond acceptors (Lipinski definition) is 3. The Morgan fingerprint density at radius 3 is 2.00 bits per heavy atom. The first-order valence-corrected chi connectivity index (χ1v) is 6.72. The van der Waals surface area contributed by atoms with Crippen LogP contribution in [0.15, 0.2) is 48.5 Å². The second-order valence-electron chi connectivity index (χ2n) is 4.87. The molecule has 0 unspecified atom stereocenters. The van der Waals surface area contributed by atoms with Crippen molar-refractivity contribution in [2.45, 2.75) is 20.0 Å². The molecule has 0 spiro atoms. The van der Waals surface area contributed by atoms with Gasteiger partial charge in [0, 0.05) is 5.69 Å². The molecule has 0 saturated heterocycles. The molecule has 2 aromatic carbocycles. The van der Waals surface area contributed by atoms with Gasteiger partial charge in [-0.3, -0.25) is 4.79 Å². The summed E-state index contributed by atoms with van der Waals surface area (Å²) < 4.78 is 5.14. The fourth-order valence-electron chi connectivity index (χ4n) is 1.91. The van der Waals surface area contributed by atoms with Gasteiger partial charge in [-0.25, -0.2) is 4.79 Å². The lowest BCUT2D eigenvalue weighted by Crippen LogP contribution is -2.11. The molecule has 1 amide bonds. The molecule has 0 fully saturated rings. The second kappa shape index (κ2) is 6.70. The van der Waals surface area contributed by atoms with E-state index < -0.39 is 0 Å². The molecular weight excluding hydrogens is 266 g/mol. The van der Waals surface area contributed by atoms with Gasteiger partial charge in [-0.15, -0.1) is 0 Å². The van der Waals surface area contributed by atoms with Crippen LogP contribution in [0, 0.1) is 0 Å². The van der Waals surface area contributed by atoms with E-state index in [1.165, 1.54) is 0 Å². The fraction of sp³-hybridized carbons (Fsp3) is 0.176. The first-order valence-electron chi connectivity index (χ1n) is 6.72. The van der Waals surface area contributed by atoms with Crippen molar-refractivity contribution in [2.24, 2.45) is 0 Å². The average molecular weight is 283 g/mol. The molecule has 0 bridgehead atoms. The lowest BCUT2D eigenvalue weighted by Gasteiger charge is -2.08. The van der Waals surface area contributed by atoms with E-state index in [1.807, 2.05) is 50.2 Å². The Morgan fingerprint density at radius 1 is 1.00 bits per heavy atom. The molecule has 0 radical (unpaired) electrons. The van der Waals surface area contributed by atoms with E-state index in [2.05, 4.69) is 5.32 Å². The van der Waals surface area contributed by atoms with Gasteiger partial charge >= 0.3 is 5.97 Å². The van der Waals surface area contributed by atoms with Gasteiger partial charge < -0.3 is 10.1 Å². The number of hydrogen-bond donors (Lipinski definition) is 1. The van der Waals surface area contributed by atoms with Crippen molar-refractivity contribution >= 4 is 18.1 Å². The van der Waals surface area contributed by atoms with E-state index >= 15 is 0 Å². The molecule has 0 aliphatic carbocycles. The third kappa shape index (κ3) is 3.92. The largest absolute Gasteiger partial charge is 0.459 e. The van der Waals surface area contributed by atoms with Crippen LogP contribution >= 0.6 is 0 Å². The quantitative estimate of drug-likeness (QED) is 0.675. The monoisotopic (exact) mass is 283 g/mol. The van der Waals surface area contributed by atoms with Crippen LogP contribution in [0.4, 0.5) is 5.69 Å². The Bertz CT molecular complexity index is 615. The number of benzene rings is 2. The normalized spacial score (nSPS) is 10.2. The molecule has 4 heteroatoms. The Labute approximate surface area is 123 Å². The lowest BCUT2D eigenvalue weighted by atomic mass is 10.0. The molecule has 108 valence electrons. The molecular formula is C17H17NO3. The van der Waals surface area contributed by atoms with Gasteiger partial charge in [0.15, 0.2) is 0 Å². The second-order valence-corrected chi connectivity index (χ2v) is 4.87. The number of nitrogens with one attached hydrogen (secondary N) is 1. The number of ether oxygens (including phenoxy) is 1. The molecule has 2 aromatic rings. The Hall–Kier alpha value is -2.62. The van der Waals surface area contributed by atoms with Crippen molar-refractivity contribution < 1.29 is 14.3 Å². The van der Waals surface area contributed by atoms with Crippen LogP contribution in [0.2, 0.25) is 0 Å². The number of rotatable bonds is 5. The van der Waals surface area contributed by atoms with E-state index in [0.29, 0.717) is 12.0 Å².